The number of methoxy groups -OCH3 is 1. The maximum Gasteiger partial charge on any atom is 0.344 e. The molecule has 0 aliphatic heterocycles. The predicted octanol–water partition coefficient (Wildman–Crippen LogP) is 3.25. The lowest BCUT2D eigenvalue weighted by Gasteiger charge is -2.19. The summed E-state index contributed by atoms with van der Waals surface area (Å²) in [6, 6.07) is 7.52. The van der Waals surface area contributed by atoms with E-state index in [2.05, 4.69) is 4.98 Å². The van der Waals surface area contributed by atoms with Gasteiger partial charge in [-0.15, -0.1) is 11.3 Å². The molecule has 0 N–H and O–H groups in total. The van der Waals surface area contributed by atoms with Crippen LogP contribution in [-0.4, -0.2) is 36.2 Å². The minimum absolute atomic E-state index is 0.00938. The highest BCUT2D eigenvalue weighted by Gasteiger charge is 2.18. The number of aromatic nitrogens is 1. The molecule has 0 atom stereocenters. The molecule has 0 radical (unpaired) electrons. The normalized spacial score (nSPS) is 11.0. The number of esters is 2. The average molecular weight is 363 g/mol. The summed E-state index contributed by atoms with van der Waals surface area (Å²) in [7, 11) is 1.61. The van der Waals surface area contributed by atoms with E-state index in [0.29, 0.717) is 5.69 Å². The second kappa shape index (κ2) is 8.11. The molecule has 134 valence electrons. The largest absolute Gasteiger partial charge is 0.497 e. The van der Waals surface area contributed by atoms with Gasteiger partial charge in [-0.05, 0) is 45.0 Å². The molecule has 0 aliphatic carbocycles. The fraction of sp³-hybridized carbons (Fsp3) is 0.389. The Morgan fingerprint density at radius 1 is 1.12 bits per heavy atom. The van der Waals surface area contributed by atoms with Crippen LogP contribution in [0, 0.1) is 0 Å². The maximum atomic E-state index is 11.8. The molecule has 0 aliphatic rings. The molecule has 0 fully saturated rings. The summed E-state index contributed by atoms with van der Waals surface area (Å²) in [5, 5.41) is 2.60. The number of hydrogen-bond donors (Lipinski definition) is 0. The van der Waals surface area contributed by atoms with Gasteiger partial charge in [-0.3, -0.25) is 4.79 Å². The third-order valence-electron chi connectivity index (χ3n) is 2.99. The van der Waals surface area contributed by atoms with Crippen molar-refractivity contribution >= 4 is 23.3 Å². The van der Waals surface area contributed by atoms with Crippen molar-refractivity contribution in [1.29, 1.82) is 0 Å². The molecule has 0 saturated heterocycles. The van der Waals surface area contributed by atoms with E-state index in [1.54, 1.807) is 33.3 Å². The highest BCUT2D eigenvalue weighted by atomic mass is 32.1. The van der Waals surface area contributed by atoms with Crippen LogP contribution in [0.2, 0.25) is 0 Å². The minimum atomic E-state index is -0.605. The second-order valence-electron chi connectivity index (χ2n) is 6.30. The van der Waals surface area contributed by atoms with Crippen LogP contribution in [0.15, 0.2) is 29.6 Å². The highest BCUT2D eigenvalue weighted by Crippen LogP contribution is 2.25. The van der Waals surface area contributed by atoms with Crippen LogP contribution in [0.25, 0.3) is 10.6 Å². The molecular weight excluding hydrogens is 342 g/mol. The zero-order valence-electron chi connectivity index (χ0n) is 14.7. The predicted molar refractivity (Wildman–Crippen MR) is 94.6 cm³/mol. The number of carbonyl (C=O) groups excluding carboxylic acids is 2. The van der Waals surface area contributed by atoms with Crippen molar-refractivity contribution in [3.05, 3.63) is 35.3 Å². The molecule has 1 aromatic carbocycles. The number of nitrogens with zero attached hydrogens (tertiary/aromatic N) is 1. The molecule has 7 heteroatoms. The molecule has 1 heterocycles. The van der Waals surface area contributed by atoms with Crippen LogP contribution in [0.5, 0.6) is 5.75 Å². The summed E-state index contributed by atoms with van der Waals surface area (Å²) in [5.74, 6) is -0.318. The van der Waals surface area contributed by atoms with E-state index in [4.69, 9.17) is 14.2 Å². The number of ether oxygens (including phenoxy) is 3. The Labute approximate surface area is 150 Å². The van der Waals surface area contributed by atoms with E-state index < -0.39 is 24.1 Å². The quantitative estimate of drug-likeness (QED) is 0.734. The van der Waals surface area contributed by atoms with Gasteiger partial charge in [-0.25, -0.2) is 9.78 Å². The zero-order valence-corrected chi connectivity index (χ0v) is 15.5. The fourth-order valence-corrected chi connectivity index (χ4v) is 2.79. The third-order valence-corrected chi connectivity index (χ3v) is 3.93. The summed E-state index contributed by atoms with van der Waals surface area (Å²) in [6.45, 7) is 4.86. The third kappa shape index (κ3) is 6.19. The first-order chi connectivity index (χ1) is 11.8. The summed E-state index contributed by atoms with van der Waals surface area (Å²) >= 11 is 1.44. The number of hydrogen-bond acceptors (Lipinski definition) is 7. The Bertz CT molecular complexity index is 731. The molecule has 6 nitrogen and oxygen atoms in total. The second-order valence-corrected chi connectivity index (χ2v) is 7.15. The Morgan fingerprint density at radius 2 is 1.80 bits per heavy atom. The van der Waals surface area contributed by atoms with Gasteiger partial charge in [-0.2, -0.15) is 0 Å². The minimum Gasteiger partial charge on any atom is -0.497 e. The average Bonchev–Trinajstić information content (AvgIpc) is 3.00. The molecular formula is C18H21NO5S. The van der Waals surface area contributed by atoms with E-state index in [0.717, 1.165) is 16.3 Å². The maximum absolute atomic E-state index is 11.8. The Hall–Kier alpha value is -2.41. The van der Waals surface area contributed by atoms with Gasteiger partial charge in [0.05, 0.1) is 19.2 Å². The number of carbonyl (C=O) groups is 2. The highest BCUT2D eigenvalue weighted by molar-refractivity contribution is 7.13. The van der Waals surface area contributed by atoms with Crippen molar-refractivity contribution in [3.8, 4) is 16.3 Å². The number of rotatable bonds is 6. The summed E-state index contributed by atoms with van der Waals surface area (Å²) in [4.78, 5) is 27.8. The van der Waals surface area contributed by atoms with E-state index in [9.17, 15) is 9.59 Å². The molecule has 2 rings (SSSR count). The van der Waals surface area contributed by atoms with Gasteiger partial charge >= 0.3 is 11.9 Å². The van der Waals surface area contributed by atoms with Gasteiger partial charge in [0.2, 0.25) is 0 Å². The Balaban J connectivity index is 1.87. The number of thiazole rings is 1. The molecule has 1 aromatic heterocycles. The van der Waals surface area contributed by atoms with Crippen molar-refractivity contribution in [1.82, 2.24) is 4.98 Å². The van der Waals surface area contributed by atoms with Crippen LogP contribution in [0.3, 0.4) is 0 Å². The van der Waals surface area contributed by atoms with Gasteiger partial charge in [-0.1, -0.05) is 0 Å². The summed E-state index contributed by atoms with van der Waals surface area (Å²) < 4.78 is 15.1. The van der Waals surface area contributed by atoms with Gasteiger partial charge in [0.1, 0.15) is 16.4 Å². The van der Waals surface area contributed by atoms with Gasteiger partial charge in [0.25, 0.3) is 0 Å². The first-order valence-corrected chi connectivity index (χ1v) is 8.61. The van der Waals surface area contributed by atoms with Crippen molar-refractivity contribution in [2.75, 3.05) is 13.7 Å². The lowest BCUT2D eigenvalue weighted by Crippen LogP contribution is -2.27. The SMILES string of the molecule is COc1ccc(-c2nc(CC(=O)OCC(=O)OC(C)(C)C)cs2)cc1. The molecule has 0 saturated carbocycles. The fourth-order valence-electron chi connectivity index (χ4n) is 1.96. The van der Waals surface area contributed by atoms with Crippen molar-refractivity contribution < 1.29 is 23.8 Å². The molecule has 0 spiro atoms. The van der Waals surface area contributed by atoms with E-state index in [-0.39, 0.29) is 6.42 Å². The molecule has 0 amide bonds. The lowest BCUT2D eigenvalue weighted by molar-refractivity contribution is -0.166. The van der Waals surface area contributed by atoms with Crippen molar-refractivity contribution in [3.63, 3.8) is 0 Å². The zero-order chi connectivity index (χ0) is 18.4. The monoisotopic (exact) mass is 363 g/mol. The number of benzene rings is 1. The van der Waals surface area contributed by atoms with Gasteiger partial charge in [0.15, 0.2) is 6.61 Å². The lowest BCUT2D eigenvalue weighted by atomic mass is 10.2. The first kappa shape index (κ1) is 18.9. The van der Waals surface area contributed by atoms with Crippen LogP contribution in [-0.2, 0) is 25.5 Å². The first-order valence-electron chi connectivity index (χ1n) is 7.73. The van der Waals surface area contributed by atoms with Crippen LogP contribution < -0.4 is 4.74 Å². The topological polar surface area (TPSA) is 74.7 Å². The van der Waals surface area contributed by atoms with Crippen LogP contribution >= 0.6 is 11.3 Å². The van der Waals surface area contributed by atoms with Crippen LogP contribution in [0.4, 0.5) is 0 Å². The molecule has 25 heavy (non-hydrogen) atoms. The molecule has 2 aromatic rings. The summed E-state index contributed by atoms with van der Waals surface area (Å²) in [6.07, 6.45) is 0.00938. The van der Waals surface area contributed by atoms with E-state index >= 15 is 0 Å². The van der Waals surface area contributed by atoms with Crippen molar-refractivity contribution in [2.24, 2.45) is 0 Å². The van der Waals surface area contributed by atoms with Gasteiger partial charge in [0, 0.05) is 10.9 Å². The Morgan fingerprint density at radius 3 is 2.40 bits per heavy atom. The smallest absolute Gasteiger partial charge is 0.344 e. The molecule has 0 bridgehead atoms. The van der Waals surface area contributed by atoms with E-state index in [1.165, 1.54) is 11.3 Å². The summed E-state index contributed by atoms with van der Waals surface area (Å²) in [5.41, 5.74) is 0.940. The van der Waals surface area contributed by atoms with Crippen molar-refractivity contribution in [2.45, 2.75) is 32.8 Å². The molecule has 0 unspecified atom stereocenters. The Kier molecular flexibility index (Phi) is 6.14. The van der Waals surface area contributed by atoms with Gasteiger partial charge < -0.3 is 14.2 Å². The van der Waals surface area contributed by atoms with Crippen LogP contribution in [0.1, 0.15) is 26.5 Å². The van der Waals surface area contributed by atoms with E-state index in [1.807, 2.05) is 24.3 Å². The standard InChI is InChI=1S/C18H21NO5S/c1-18(2,3)24-16(21)10-23-15(20)9-13-11-25-17(19-13)12-5-7-14(22-4)8-6-12/h5-8,11H,9-10H2,1-4H3.